The van der Waals surface area contributed by atoms with Crippen molar-refractivity contribution >= 4 is 0 Å². The highest BCUT2D eigenvalue weighted by atomic mass is 14.6. The molecule has 0 spiro atoms. The summed E-state index contributed by atoms with van der Waals surface area (Å²) >= 11 is 0. The summed E-state index contributed by atoms with van der Waals surface area (Å²) in [6.07, 6.45) is 7.12. The van der Waals surface area contributed by atoms with Gasteiger partial charge in [0, 0.05) is 0 Å². The lowest BCUT2D eigenvalue weighted by atomic mass is 9.72. The van der Waals surface area contributed by atoms with Gasteiger partial charge in [0.1, 0.15) is 0 Å². The third-order valence-electron chi connectivity index (χ3n) is 3.59. The van der Waals surface area contributed by atoms with Gasteiger partial charge in [0.05, 0.1) is 0 Å². The fourth-order valence-corrected chi connectivity index (χ4v) is 2.67. The Morgan fingerprint density at radius 2 is 2.00 bits per heavy atom. The molecule has 3 atom stereocenters. The zero-order valence-electron chi connectivity index (χ0n) is 8.55. The molecule has 12 heavy (non-hydrogen) atoms. The van der Waals surface area contributed by atoms with Gasteiger partial charge in [-0.15, -0.1) is 0 Å². The van der Waals surface area contributed by atoms with Crippen LogP contribution in [0, 0.1) is 17.8 Å². The van der Waals surface area contributed by atoms with Crippen LogP contribution < -0.4 is 5.73 Å². The molecule has 0 radical (unpaired) electrons. The van der Waals surface area contributed by atoms with Gasteiger partial charge in [-0.1, -0.05) is 39.5 Å². The maximum absolute atomic E-state index is 5.72. The van der Waals surface area contributed by atoms with Crippen molar-refractivity contribution in [1.82, 2.24) is 0 Å². The highest BCUT2D eigenvalue weighted by Gasteiger charge is 2.27. The molecule has 3 unspecified atom stereocenters. The van der Waals surface area contributed by atoms with E-state index in [0.29, 0.717) is 0 Å². The lowest BCUT2D eigenvalue weighted by molar-refractivity contribution is 0.169. The Bertz CT molecular complexity index is 122. The molecule has 72 valence electrons. The molecular formula is C11H23N. The van der Waals surface area contributed by atoms with Crippen molar-refractivity contribution in [2.45, 2.75) is 46.0 Å². The Morgan fingerprint density at radius 1 is 1.33 bits per heavy atom. The van der Waals surface area contributed by atoms with Gasteiger partial charge in [-0.25, -0.2) is 0 Å². The Kier molecular flexibility index (Phi) is 4.07. The Hall–Kier alpha value is -0.0400. The molecule has 0 aromatic rings. The first kappa shape index (κ1) is 10.0. The fraction of sp³-hybridized carbons (Fsp3) is 1.00. The molecule has 0 bridgehead atoms. The summed E-state index contributed by atoms with van der Waals surface area (Å²) in [4.78, 5) is 0. The van der Waals surface area contributed by atoms with Gasteiger partial charge in [0.15, 0.2) is 0 Å². The summed E-state index contributed by atoms with van der Waals surface area (Å²) in [7, 11) is 0. The predicted octanol–water partition coefficient (Wildman–Crippen LogP) is 2.80. The zero-order chi connectivity index (χ0) is 8.97. The lowest BCUT2D eigenvalue weighted by Crippen LogP contribution is -2.29. The molecule has 1 fully saturated rings. The molecule has 1 aliphatic carbocycles. The number of hydrogen-bond donors (Lipinski definition) is 1. The molecule has 1 aliphatic rings. The predicted molar refractivity (Wildman–Crippen MR) is 54.0 cm³/mol. The van der Waals surface area contributed by atoms with Gasteiger partial charge in [-0.05, 0) is 30.7 Å². The smallest absolute Gasteiger partial charge is 0.00488 e. The van der Waals surface area contributed by atoms with E-state index in [4.69, 9.17) is 5.73 Å². The van der Waals surface area contributed by atoms with E-state index in [1.807, 2.05) is 0 Å². The van der Waals surface area contributed by atoms with Gasteiger partial charge < -0.3 is 5.73 Å². The lowest BCUT2D eigenvalue weighted by Gasteiger charge is -2.34. The number of hydrogen-bond acceptors (Lipinski definition) is 1. The van der Waals surface area contributed by atoms with E-state index in [-0.39, 0.29) is 0 Å². The summed E-state index contributed by atoms with van der Waals surface area (Å²) in [6.45, 7) is 5.52. The second-order valence-electron chi connectivity index (χ2n) is 4.33. The van der Waals surface area contributed by atoms with E-state index < -0.39 is 0 Å². The van der Waals surface area contributed by atoms with Gasteiger partial charge >= 0.3 is 0 Å². The van der Waals surface area contributed by atoms with E-state index in [1.54, 1.807) is 0 Å². The van der Waals surface area contributed by atoms with Gasteiger partial charge in [0.2, 0.25) is 0 Å². The molecule has 0 aromatic carbocycles. The SMILES string of the molecule is CCC1CCCCC1C(C)CN. The van der Waals surface area contributed by atoms with Gasteiger partial charge in [0.25, 0.3) is 0 Å². The summed E-state index contributed by atoms with van der Waals surface area (Å²) in [5.74, 6) is 2.64. The Balaban J connectivity index is 2.46. The summed E-state index contributed by atoms with van der Waals surface area (Å²) in [5, 5.41) is 0. The van der Waals surface area contributed by atoms with Crippen LogP contribution in [0.3, 0.4) is 0 Å². The second kappa shape index (κ2) is 4.86. The first-order valence-electron chi connectivity index (χ1n) is 5.49. The first-order valence-corrected chi connectivity index (χ1v) is 5.49. The molecule has 1 saturated carbocycles. The third-order valence-corrected chi connectivity index (χ3v) is 3.59. The Labute approximate surface area is 76.7 Å². The molecule has 1 nitrogen and oxygen atoms in total. The minimum atomic E-state index is 0.746. The molecule has 1 rings (SSSR count). The largest absolute Gasteiger partial charge is 0.330 e. The van der Waals surface area contributed by atoms with Crippen molar-refractivity contribution in [3.63, 3.8) is 0 Å². The highest BCUT2D eigenvalue weighted by Crippen LogP contribution is 2.36. The molecule has 0 saturated heterocycles. The van der Waals surface area contributed by atoms with E-state index in [9.17, 15) is 0 Å². The van der Waals surface area contributed by atoms with Crippen molar-refractivity contribution in [3.8, 4) is 0 Å². The standard InChI is InChI=1S/C11H23N/c1-3-10-6-4-5-7-11(10)9(2)8-12/h9-11H,3-8,12H2,1-2H3. The summed E-state index contributed by atoms with van der Waals surface area (Å²) in [6, 6.07) is 0. The van der Waals surface area contributed by atoms with Crippen LogP contribution in [0.15, 0.2) is 0 Å². The maximum Gasteiger partial charge on any atom is -0.00488 e. The molecule has 0 heterocycles. The number of rotatable bonds is 3. The van der Waals surface area contributed by atoms with Crippen molar-refractivity contribution in [1.29, 1.82) is 0 Å². The van der Waals surface area contributed by atoms with Crippen LogP contribution in [0.5, 0.6) is 0 Å². The second-order valence-corrected chi connectivity index (χ2v) is 4.33. The van der Waals surface area contributed by atoms with Crippen LogP contribution in [-0.4, -0.2) is 6.54 Å². The van der Waals surface area contributed by atoms with Gasteiger partial charge in [-0.3, -0.25) is 0 Å². The monoisotopic (exact) mass is 169 g/mol. The minimum absolute atomic E-state index is 0.746. The fourth-order valence-electron chi connectivity index (χ4n) is 2.67. The van der Waals surface area contributed by atoms with Crippen LogP contribution >= 0.6 is 0 Å². The van der Waals surface area contributed by atoms with Crippen LogP contribution in [0.4, 0.5) is 0 Å². The summed E-state index contributed by atoms with van der Waals surface area (Å²) in [5.41, 5.74) is 5.72. The van der Waals surface area contributed by atoms with Gasteiger partial charge in [-0.2, -0.15) is 0 Å². The first-order chi connectivity index (χ1) is 5.79. The van der Waals surface area contributed by atoms with Crippen LogP contribution in [0.2, 0.25) is 0 Å². The molecule has 2 N–H and O–H groups in total. The van der Waals surface area contributed by atoms with Crippen LogP contribution in [-0.2, 0) is 0 Å². The van der Waals surface area contributed by atoms with Crippen molar-refractivity contribution in [2.24, 2.45) is 23.5 Å². The van der Waals surface area contributed by atoms with Crippen molar-refractivity contribution in [2.75, 3.05) is 6.54 Å². The molecular weight excluding hydrogens is 146 g/mol. The molecule has 0 aliphatic heterocycles. The molecule has 1 heteroatoms. The van der Waals surface area contributed by atoms with Crippen LogP contribution in [0.1, 0.15) is 46.0 Å². The maximum atomic E-state index is 5.72. The average molecular weight is 169 g/mol. The molecule has 0 aromatic heterocycles. The average Bonchev–Trinajstić information content (AvgIpc) is 2.16. The topological polar surface area (TPSA) is 26.0 Å². The van der Waals surface area contributed by atoms with Crippen LogP contribution in [0.25, 0.3) is 0 Å². The summed E-state index contributed by atoms with van der Waals surface area (Å²) < 4.78 is 0. The zero-order valence-corrected chi connectivity index (χ0v) is 8.55. The minimum Gasteiger partial charge on any atom is -0.330 e. The quantitative estimate of drug-likeness (QED) is 0.690. The van der Waals surface area contributed by atoms with Crippen molar-refractivity contribution in [3.05, 3.63) is 0 Å². The number of nitrogens with two attached hydrogens (primary N) is 1. The van der Waals surface area contributed by atoms with E-state index in [1.165, 1.54) is 32.1 Å². The highest BCUT2D eigenvalue weighted by molar-refractivity contribution is 4.78. The Morgan fingerprint density at radius 3 is 2.58 bits per heavy atom. The molecule has 0 amide bonds. The van der Waals surface area contributed by atoms with Crippen molar-refractivity contribution < 1.29 is 0 Å². The third kappa shape index (κ3) is 2.22. The normalized spacial score (nSPS) is 33.2. The van der Waals surface area contributed by atoms with E-state index >= 15 is 0 Å². The van der Waals surface area contributed by atoms with E-state index in [2.05, 4.69) is 13.8 Å². The van der Waals surface area contributed by atoms with E-state index in [0.717, 1.165) is 24.3 Å².